The summed E-state index contributed by atoms with van der Waals surface area (Å²) < 4.78 is 1.01. The van der Waals surface area contributed by atoms with Crippen molar-refractivity contribution >= 4 is 67.6 Å². The third-order valence-electron chi connectivity index (χ3n) is 3.52. The summed E-state index contributed by atoms with van der Waals surface area (Å²) in [7, 11) is 0. The third-order valence-corrected chi connectivity index (χ3v) is 5.50. The van der Waals surface area contributed by atoms with Crippen molar-refractivity contribution in [3.8, 4) is 11.3 Å². The number of anilines is 1. The quantitative estimate of drug-likeness (QED) is 0.426. The van der Waals surface area contributed by atoms with Gasteiger partial charge in [-0.1, -0.05) is 57.3 Å². The van der Waals surface area contributed by atoms with Gasteiger partial charge in [-0.15, -0.1) is 11.3 Å². The Morgan fingerprint density at radius 3 is 2.62 bits per heavy atom. The fourth-order valence-corrected chi connectivity index (χ4v) is 3.85. The van der Waals surface area contributed by atoms with E-state index in [4.69, 9.17) is 23.2 Å². The highest BCUT2D eigenvalue weighted by Gasteiger charge is 2.11. The summed E-state index contributed by atoms with van der Waals surface area (Å²) in [5.74, 6) is -0.271. The lowest BCUT2D eigenvalue weighted by atomic mass is 10.1. The predicted molar refractivity (Wildman–Crippen MR) is 114 cm³/mol. The molecule has 7 heteroatoms. The van der Waals surface area contributed by atoms with Gasteiger partial charge in [0.15, 0.2) is 5.13 Å². The molecule has 0 unspecified atom stereocenters. The van der Waals surface area contributed by atoms with Crippen LogP contribution >= 0.6 is 50.5 Å². The van der Waals surface area contributed by atoms with Gasteiger partial charge in [0.05, 0.1) is 5.69 Å². The first kappa shape index (κ1) is 19.1. The van der Waals surface area contributed by atoms with E-state index in [0.717, 1.165) is 26.2 Å². The van der Waals surface area contributed by atoms with Crippen LogP contribution in [0.15, 0.2) is 53.0 Å². The molecule has 1 N–H and O–H groups in total. The molecule has 0 radical (unpaired) electrons. The number of aromatic nitrogens is 1. The van der Waals surface area contributed by atoms with Gasteiger partial charge in [-0.2, -0.15) is 0 Å². The zero-order valence-corrected chi connectivity index (χ0v) is 17.5. The predicted octanol–water partition coefficient (Wildman–Crippen LogP) is 6.84. The number of thiazole rings is 1. The minimum absolute atomic E-state index is 0.271. The average molecular weight is 468 g/mol. The molecule has 1 aromatic heterocycles. The van der Waals surface area contributed by atoms with E-state index in [1.807, 2.05) is 31.2 Å². The van der Waals surface area contributed by atoms with Crippen LogP contribution in [-0.4, -0.2) is 10.9 Å². The summed E-state index contributed by atoms with van der Waals surface area (Å²) in [5.41, 5.74) is 2.59. The summed E-state index contributed by atoms with van der Waals surface area (Å²) in [6.07, 6.45) is 3.06. The van der Waals surface area contributed by atoms with E-state index in [2.05, 4.69) is 26.2 Å². The van der Waals surface area contributed by atoms with E-state index in [-0.39, 0.29) is 5.91 Å². The molecule has 0 aliphatic carbocycles. The number of rotatable bonds is 4. The number of carbonyl (C=O) groups excluding carboxylic acids is 1. The van der Waals surface area contributed by atoms with Crippen molar-refractivity contribution in [3.63, 3.8) is 0 Å². The van der Waals surface area contributed by atoms with Gasteiger partial charge < -0.3 is 0 Å². The van der Waals surface area contributed by atoms with Crippen LogP contribution in [0, 0.1) is 6.92 Å². The lowest BCUT2D eigenvalue weighted by Gasteiger charge is -2.00. The van der Waals surface area contributed by atoms with E-state index in [9.17, 15) is 4.79 Å². The van der Waals surface area contributed by atoms with Crippen molar-refractivity contribution < 1.29 is 4.79 Å². The number of carbonyl (C=O) groups is 1. The summed E-state index contributed by atoms with van der Waals surface area (Å²) in [4.78, 5) is 17.7. The van der Waals surface area contributed by atoms with Crippen LogP contribution in [0.3, 0.4) is 0 Å². The van der Waals surface area contributed by atoms with Gasteiger partial charge in [-0.05, 0) is 42.8 Å². The highest BCUT2D eigenvalue weighted by atomic mass is 79.9. The van der Waals surface area contributed by atoms with Gasteiger partial charge in [0.1, 0.15) is 0 Å². The number of nitrogens with zero attached hydrogens (tertiary/aromatic N) is 1. The largest absolute Gasteiger partial charge is 0.298 e. The topological polar surface area (TPSA) is 42.0 Å². The molecule has 2 aromatic carbocycles. The lowest BCUT2D eigenvalue weighted by Crippen LogP contribution is -2.07. The normalized spacial score (nSPS) is 11.1. The second-order valence-corrected chi connectivity index (χ2v) is 8.38. The molecule has 0 saturated heterocycles. The monoisotopic (exact) mass is 466 g/mol. The number of hydrogen-bond acceptors (Lipinski definition) is 3. The summed E-state index contributed by atoms with van der Waals surface area (Å²) in [6.45, 7) is 1.98. The van der Waals surface area contributed by atoms with Crippen molar-refractivity contribution in [2.75, 3.05) is 5.32 Å². The zero-order valence-electron chi connectivity index (χ0n) is 13.6. The van der Waals surface area contributed by atoms with Crippen molar-refractivity contribution in [3.05, 3.63) is 73.5 Å². The molecular formula is C19H13BrCl2N2OS. The number of nitrogens with one attached hydrogen (secondary N) is 1. The van der Waals surface area contributed by atoms with Crippen molar-refractivity contribution in [1.29, 1.82) is 0 Å². The Balaban J connectivity index is 1.72. The molecule has 1 heterocycles. The summed E-state index contributed by atoms with van der Waals surface area (Å²) >= 11 is 16.8. The molecular weight excluding hydrogens is 455 g/mol. The molecule has 0 saturated carbocycles. The van der Waals surface area contributed by atoms with Crippen LogP contribution in [0.1, 0.15) is 10.4 Å². The number of amides is 1. The number of halogens is 3. The van der Waals surface area contributed by atoms with Crippen LogP contribution in [0.2, 0.25) is 10.0 Å². The van der Waals surface area contributed by atoms with Crippen molar-refractivity contribution in [2.45, 2.75) is 6.92 Å². The molecule has 0 aliphatic rings. The molecule has 132 valence electrons. The molecule has 3 aromatic rings. The molecule has 0 atom stereocenters. The number of aryl methyl sites for hydroxylation is 1. The highest BCUT2D eigenvalue weighted by molar-refractivity contribution is 9.10. The van der Waals surface area contributed by atoms with Crippen LogP contribution in [0.5, 0.6) is 0 Å². The fourth-order valence-electron chi connectivity index (χ4n) is 2.27. The highest BCUT2D eigenvalue weighted by Crippen LogP contribution is 2.31. The van der Waals surface area contributed by atoms with Crippen LogP contribution in [0.25, 0.3) is 17.3 Å². The maximum absolute atomic E-state index is 12.2. The Morgan fingerprint density at radius 1 is 1.19 bits per heavy atom. The van der Waals surface area contributed by atoms with Gasteiger partial charge in [0, 0.05) is 31.0 Å². The van der Waals surface area contributed by atoms with Gasteiger partial charge in [-0.3, -0.25) is 10.1 Å². The molecule has 3 nitrogen and oxygen atoms in total. The van der Waals surface area contributed by atoms with Crippen LogP contribution < -0.4 is 5.32 Å². The third kappa shape index (κ3) is 4.74. The van der Waals surface area contributed by atoms with E-state index in [0.29, 0.717) is 15.2 Å². The van der Waals surface area contributed by atoms with Gasteiger partial charge in [0.25, 0.3) is 0 Å². The number of benzene rings is 2. The van der Waals surface area contributed by atoms with Crippen LogP contribution in [0.4, 0.5) is 5.13 Å². The van der Waals surface area contributed by atoms with Gasteiger partial charge in [-0.25, -0.2) is 4.98 Å². The maximum atomic E-state index is 12.2. The Labute approximate surface area is 173 Å². The second-order valence-electron chi connectivity index (χ2n) is 5.42. The van der Waals surface area contributed by atoms with Crippen LogP contribution in [-0.2, 0) is 4.79 Å². The van der Waals surface area contributed by atoms with E-state index in [1.54, 1.807) is 24.3 Å². The van der Waals surface area contributed by atoms with E-state index < -0.39 is 0 Å². The number of hydrogen-bond donors (Lipinski definition) is 1. The standard InChI is InChI=1S/C19H13BrCl2N2OS/c1-11-18(13-2-6-14(20)7-3-13)24-19(26-11)23-17(25)9-5-12-4-8-15(21)10-16(12)22/h2-10H,1H3,(H,23,24,25)/b9-5+. The van der Waals surface area contributed by atoms with Gasteiger partial charge >= 0.3 is 0 Å². The minimum atomic E-state index is -0.271. The molecule has 26 heavy (non-hydrogen) atoms. The van der Waals surface area contributed by atoms with E-state index in [1.165, 1.54) is 17.4 Å². The maximum Gasteiger partial charge on any atom is 0.250 e. The SMILES string of the molecule is Cc1sc(NC(=O)/C=C/c2ccc(Cl)cc2Cl)nc1-c1ccc(Br)cc1. The molecule has 0 bridgehead atoms. The molecule has 3 rings (SSSR count). The summed E-state index contributed by atoms with van der Waals surface area (Å²) in [6, 6.07) is 13.0. The Hall–Kier alpha value is -1.66. The molecule has 0 aliphatic heterocycles. The summed E-state index contributed by atoms with van der Waals surface area (Å²) in [5, 5.41) is 4.38. The average Bonchev–Trinajstić information content (AvgIpc) is 2.95. The first-order chi connectivity index (χ1) is 12.4. The lowest BCUT2D eigenvalue weighted by molar-refractivity contribution is -0.111. The Morgan fingerprint density at radius 2 is 1.92 bits per heavy atom. The Bertz CT molecular complexity index is 984. The Kier molecular flexibility index (Phi) is 6.14. The van der Waals surface area contributed by atoms with Crippen molar-refractivity contribution in [2.24, 2.45) is 0 Å². The first-order valence-electron chi connectivity index (χ1n) is 7.60. The smallest absolute Gasteiger partial charge is 0.250 e. The van der Waals surface area contributed by atoms with Gasteiger partial charge in [0.2, 0.25) is 5.91 Å². The molecule has 1 amide bonds. The zero-order chi connectivity index (χ0) is 18.7. The van der Waals surface area contributed by atoms with E-state index >= 15 is 0 Å². The minimum Gasteiger partial charge on any atom is -0.298 e. The van der Waals surface area contributed by atoms with Crippen molar-refractivity contribution in [1.82, 2.24) is 4.98 Å². The second kappa shape index (κ2) is 8.35. The first-order valence-corrected chi connectivity index (χ1v) is 9.96. The molecule has 0 spiro atoms. The molecule has 0 fully saturated rings. The fraction of sp³-hybridized carbons (Fsp3) is 0.0526.